The van der Waals surface area contributed by atoms with Crippen LogP contribution in [0, 0.1) is 0 Å². The fourth-order valence-electron chi connectivity index (χ4n) is 3.14. The highest BCUT2D eigenvalue weighted by Gasteiger charge is 2.10. The van der Waals surface area contributed by atoms with Crippen molar-refractivity contribution in [2.75, 3.05) is 39.4 Å². The first-order valence-corrected chi connectivity index (χ1v) is 10.9. The second-order valence-electron chi connectivity index (χ2n) is 6.68. The molecule has 0 bridgehead atoms. The van der Waals surface area contributed by atoms with Crippen molar-refractivity contribution in [2.24, 2.45) is 10.1 Å². The first-order valence-electron chi connectivity index (χ1n) is 9.67. The van der Waals surface area contributed by atoms with Crippen molar-refractivity contribution < 1.29 is 4.74 Å². The average Bonchev–Trinajstić information content (AvgIpc) is 3.17. The highest BCUT2D eigenvalue weighted by atomic mass is 35.5. The minimum atomic E-state index is 0.680. The minimum absolute atomic E-state index is 0.680. The molecule has 0 saturated carbocycles. The molecular weight excluding hydrogens is 404 g/mol. The Kier molecular flexibility index (Phi) is 6.90. The van der Waals surface area contributed by atoms with Gasteiger partial charge < -0.3 is 4.74 Å². The number of nitrogens with zero attached hydrogens (tertiary/aromatic N) is 4. The van der Waals surface area contributed by atoms with Gasteiger partial charge in [-0.3, -0.25) is 9.89 Å². The van der Waals surface area contributed by atoms with E-state index in [1.54, 1.807) is 17.6 Å². The molecule has 4 rings (SSSR count). The van der Waals surface area contributed by atoms with E-state index < -0.39 is 0 Å². The summed E-state index contributed by atoms with van der Waals surface area (Å²) in [6.45, 7) is 5.21. The summed E-state index contributed by atoms with van der Waals surface area (Å²) in [5.41, 5.74) is 3.00. The summed E-state index contributed by atoms with van der Waals surface area (Å²) in [6.07, 6.45) is 1.79. The summed E-state index contributed by atoms with van der Waals surface area (Å²) in [4.78, 5) is 8.09. The molecule has 0 radical (unpaired) electrons. The number of halogens is 1. The Morgan fingerprint density at radius 2 is 1.79 bits per heavy atom. The van der Waals surface area contributed by atoms with Gasteiger partial charge in [-0.1, -0.05) is 60.1 Å². The Morgan fingerprint density at radius 1 is 1.03 bits per heavy atom. The van der Waals surface area contributed by atoms with E-state index in [-0.39, 0.29) is 0 Å². The van der Waals surface area contributed by atoms with Gasteiger partial charge in [0.2, 0.25) is 4.80 Å². The molecule has 7 heteroatoms. The number of hydrogen-bond acceptors (Lipinski definition) is 5. The normalized spacial score (nSPS) is 16.0. The maximum atomic E-state index is 6.29. The Labute approximate surface area is 179 Å². The van der Waals surface area contributed by atoms with Crippen molar-refractivity contribution in [2.45, 2.75) is 0 Å². The number of aromatic nitrogens is 1. The molecule has 0 atom stereocenters. The number of rotatable bonds is 6. The number of thiazole rings is 1. The average molecular weight is 427 g/mol. The predicted molar refractivity (Wildman–Crippen MR) is 120 cm³/mol. The molecule has 0 unspecified atom stereocenters. The predicted octanol–water partition coefficient (Wildman–Crippen LogP) is 3.99. The van der Waals surface area contributed by atoms with Crippen LogP contribution in [0.3, 0.4) is 0 Å². The Bertz CT molecular complexity index is 1020. The van der Waals surface area contributed by atoms with Crippen LogP contribution in [0.2, 0.25) is 5.02 Å². The molecular formula is C22H23ClN4OS. The van der Waals surface area contributed by atoms with Crippen molar-refractivity contribution in [3.8, 4) is 11.3 Å². The van der Waals surface area contributed by atoms with Gasteiger partial charge in [0.25, 0.3) is 0 Å². The summed E-state index contributed by atoms with van der Waals surface area (Å²) >= 11 is 7.90. The van der Waals surface area contributed by atoms with Gasteiger partial charge in [-0.25, -0.2) is 4.68 Å². The molecule has 2 heterocycles. The molecule has 0 spiro atoms. The van der Waals surface area contributed by atoms with E-state index in [0.29, 0.717) is 5.02 Å². The van der Waals surface area contributed by atoms with Gasteiger partial charge in [-0.05, 0) is 6.07 Å². The van der Waals surface area contributed by atoms with Crippen molar-refractivity contribution in [1.82, 2.24) is 9.58 Å². The third kappa shape index (κ3) is 5.22. The molecule has 3 aromatic rings. The second-order valence-corrected chi connectivity index (χ2v) is 7.93. The molecule has 150 valence electrons. The van der Waals surface area contributed by atoms with Crippen LogP contribution in [0.25, 0.3) is 11.3 Å². The van der Waals surface area contributed by atoms with E-state index in [1.165, 1.54) is 0 Å². The largest absolute Gasteiger partial charge is 0.379 e. The van der Waals surface area contributed by atoms with E-state index in [9.17, 15) is 0 Å². The highest BCUT2D eigenvalue weighted by Crippen LogP contribution is 2.20. The quantitative estimate of drug-likeness (QED) is 0.559. The van der Waals surface area contributed by atoms with Crippen LogP contribution in [-0.2, 0) is 4.74 Å². The fraction of sp³-hybridized carbons (Fsp3) is 0.273. The van der Waals surface area contributed by atoms with Crippen LogP contribution >= 0.6 is 22.9 Å². The molecule has 1 aliphatic heterocycles. The van der Waals surface area contributed by atoms with Crippen LogP contribution in [-0.4, -0.2) is 55.2 Å². The zero-order chi connectivity index (χ0) is 19.9. The first-order chi connectivity index (χ1) is 14.3. The molecule has 1 fully saturated rings. The van der Waals surface area contributed by atoms with Crippen LogP contribution in [0.4, 0.5) is 0 Å². The Morgan fingerprint density at radius 3 is 2.59 bits per heavy atom. The van der Waals surface area contributed by atoms with Gasteiger partial charge in [0, 0.05) is 41.2 Å². The molecule has 5 nitrogen and oxygen atoms in total. The fourth-order valence-corrected chi connectivity index (χ4v) is 4.19. The number of hydrogen-bond donors (Lipinski definition) is 0. The molecule has 0 aliphatic carbocycles. The number of ether oxygens (including phenoxy) is 1. The summed E-state index contributed by atoms with van der Waals surface area (Å²) in [6, 6.07) is 17.9. The molecule has 1 aliphatic rings. The lowest BCUT2D eigenvalue weighted by atomic mass is 10.2. The zero-order valence-electron chi connectivity index (χ0n) is 16.1. The van der Waals surface area contributed by atoms with Crippen molar-refractivity contribution >= 4 is 29.2 Å². The van der Waals surface area contributed by atoms with Crippen molar-refractivity contribution in [1.29, 1.82) is 0 Å². The number of morpholine rings is 1. The molecule has 0 amide bonds. The smallest absolute Gasteiger partial charge is 0.206 e. The monoisotopic (exact) mass is 426 g/mol. The maximum Gasteiger partial charge on any atom is 0.206 e. The zero-order valence-corrected chi connectivity index (χ0v) is 17.6. The maximum absolute atomic E-state index is 6.29. The molecule has 1 saturated heterocycles. The van der Waals surface area contributed by atoms with Gasteiger partial charge in [-0.15, -0.1) is 11.3 Å². The van der Waals surface area contributed by atoms with Gasteiger partial charge in [0.15, 0.2) is 0 Å². The highest BCUT2D eigenvalue weighted by molar-refractivity contribution is 7.07. The van der Waals surface area contributed by atoms with Gasteiger partial charge in [0.05, 0.1) is 31.7 Å². The second kappa shape index (κ2) is 9.98. The standard InChI is InChI=1S/C22H23ClN4OS/c23-20-9-5-4-8-19(20)16-25-27-21(18-6-2-1-3-7-18)17-29-22(27)24-10-11-26-12-14-28-15-13-26/h1-9,16-17H,10-15H2/b24-22?,25-16-. The lowest BCUT2D eigenvalue weighted by Gasteiger charge is -2.25. The van der Waals surface area contributed by atoms with Gasteiger partial charge in [-0.2, -0.15) is 5.10 Å². The number of benzene rings is 2. The van der Waals surface area contributed by atoms with E-state index in [0.717, 1.165) is 61.0 Å². The van der Waals surface area contributed by atoms with E-state index in [2.05, 4.69) is 22.4 Å². The van der Waals surface area contributed by atoms with Crippen molar-refractivity contribution in [3.63, 3.8) is 0 Å². The summed E-state index contributed by atoms with van der Waals surface area (Å²) in [5, 5.41) is 7.51. The van der Waals surface area contributed by atoms with Crippen LogP contribution in [0.5, 0.6) is 0 Å². The minimum Gasteiger partial charge on any atom is -0.379 e. The van der Waals surface area contributed by atoms with E-state index in [1.807, 2.05) is 47.1 Å². The molecule has 1 aromatic heterocycles. The lowest BCUT2D eigenvalue weighted by Crippen LogP contribution is -2.38. The molecule has 29 heavy (non-hydrogen) atoms. The van der Waals surface area contributed by atoms with Crippen LogP contribution in [0.15, 0.2) is 70.1 Å². The lowest BCUT2D eigenvalue weighted by molar-refractivity contribution is 0.0393. The van der Waals surface area contributed by atoms with E-state index in [4.69, 9.17) is 26.4 Å². The Balaban J connectivity index is 1.63. The van der Waals surface area contributed by atoms with Crippen LogP contribution in [0.1, 0.15) is 5.56 Å². The molecule has 2 aromatic carbocycles. The third-order valence-corrected chi connectivity index (χ3v) is 5.94. The Hall–Kier alpha value is -2.25. The van der Waals surface area contributed by atoms with Gasteiger partial charge in [0.1, 0.15) is 0 Å². The van der Waals surface area contributed by atoms with Crippen LogP contribution < -0.4 is 4.80 Å². The summed E-state index contributed by atoms with van der Waals surface area (Å²) in [7, 11) is 0. The third-order valence-electron chi connectivity index (χ3n) is 4.74. The van der Waals surface area contributed by atoms with Gasteiger partial charge >= 0.3 is 0 Å². The first kappa shape index (κ1) is 20.0. The molecule has 0 N–H and O–H groups in total. The van der Waals surface area contributed by atoms with E-state index >= 15 is 0 Å². The topological polar surface area (TPSA) is 42.1 Å². The SMILES string of the molecule is Clc1ccccc1/C=N\n1c(-c2ccccc2)csc1=NCCN1CCOCC1. The summed E-state index contributed by atoms with van der Waals surface area (Å²) < 4.78 is 7.32. The summed E-state index contributed by atoms with van der Waals surface area (Å²) in [5.74, 6) is 0. The van der Waals surface area contributed by atoms with Crippen molar-refractivity contribution in [3.05, 3.63) is 75.4 Å².